The molecule has 0 bridgehead atoms. The Morgan fingerprint density at radius 3 is 2.38 bits per heavy atom. The summed E-state index contributed by atoms with van der Waals surface area (Å²) < 4.78 is 5.15. The quantitative estimate of drug-likeness (QED) is 0.760. The third-order valence-electron chi connectivity index (χ3n) is 3.65. The van der Waals surface area contributed by atoms with E-state index in [4.69, 9.17) is 4.74 Å². The lowest BCUT2D eigenvalue weighted by Gasteiger charge is -2.19. The minimum atomic E-state index is 0.226. The first kappa shape index (κ1) is 17.5. The third kappa shape index (κ3) is 6.17. The van der Waals surface area contributed by atoms with Crippen molar-refractivity contribution in [2.75, 3.05) is 26.7 Å². The zero-order chi connectivity index (χ0) is 15.7. The number of benzene rings is 1. The lowest BCUT2D eigenvalue weighted by atomic mass is 10.1. The van der Waals surface area contributed by atoms with Crippen LogP contribution in [0.15, 0.2) is 24.3 Å². The van der Waals surface area contributed by atoms with Crippen LogP contribution in [0.5, 0.6) is 5.75 Å². The van der Waals surface area contributed by atoms with Crippen molar-refractivity contribution in [2.24, 2.45) is 0 Å². The molecule has 1 atom stereocenters. The van der Waals surface area contributed by atoms with Gasteiger partial charge in [0.1, 0.15) is 5.75 Å². The van der Waals surface area contributed by atoms with Gasteiger partial charge in [0.25, 0.3) is 0 Å². The highest BCUT2D eigenvalue weighted by Gasteiger charge is 2.10. The fourth-order valence-corrected chi connectivity index (χ4v) is 2.35. The molecule has 1 unspecified atom stereocenters. The van der Waals surface area contributed by atoms with Gasteiger partial charge in [0.2, 0.25) is 5.91 Å². The maximum Gasteiger partial charge on any atom is 0.223 e. The number of carbonyl (C=O) groups excluding carboxylic acids is 1. The van der Waals surface area contributed by atoms with E-state index < -0.39 is 0 Å². The average molecular weight is 292 g/mol. The Morgan fingerprint density at radius 1 is 1.24 bits per heavy atom. The van der Waals surface area contributed by atoms with Crippen molar-refractivity contribution in [1.29, 1.82) is 0 Å². The molecule has 0 saturated carbocycles. The summed E-state index contributed by atoms with van der Waals surface area (Å²) in [5.41, 5.74) is 1.27. The van der Waals surface area contributed by atoms with Gasteiger partial charge in [-0.25, -0.2) is 0 Å². The van der Waals surface area contributed by atoms with Crippen molar-refractivity contribution in [3.63, 3.8) is 0 Å². The standard InChI is InChI=1S/C17H28N2O2/c1-5-19(6-2)17(20)11-12-18-14(3)13-15-7-9-16(21-4)10-8-15/h7-10,14,18H,5-6,11-13H2,1-4H3. The minimum Gasteiger partial charge on any atom is -0.497 e. The molecule has 0 spiro atoms. The molecule has 1 rings (SSSR count). The van der Waals surface area contributed by atoms with Crippen LogP contribution in [0.1, 0.15) is 32.8 Å². The Balaban J connectivity index is 2.30. The van der Waals surface area contributed by atoms with Crippen molar-refractivity contribution < 1.29 is 9.53 Å². The Hall–Kier alpha value is -1.55. The molecule has 0 heterocycles. The summed E-state index contributed by atoms with van der Waals surface area (Å²) in [4.78, 5) is 13.8. The van der Waals surface area contributed by atoms with E-state index in [1.807, 2.05) is 30.9 Å². The van der Waals surface area contributed by atoms with Crippen LogP contribution in [0, 0.1) is 0 Å². The molecule has 1 N–H and O–H groups in total. The van der Waals surface area contributed by atoms with Crippen LogP contribution in [0.3, 0.4) is 0 Å². The summed E-state index contributed by atoms with van der Waals surface area (Å²) in [6, 6.07) is 8.47. The van der Waals surface area contributed by atoms with Gasteiger partial charge in [0, 0.05) is 32.1 Å². The second-order valence-corrected chi connectivity index (χ2v) is 5.22. The Morgan fingerprint density at radius 2 is 1.86 bits per heavy atom. The highest BCUT2D eigenvalue weighted by atomic mass is 16.5. The van der Waals surface area contributed by atoms with Gasteiger partial charge in [-0.1, -0.05) is 12.1 Å². The molecule has 0 aliphatic heterocycles. The van der Waals surface area contributed by atoms with Crippen LogP contribution < -0.4 is 10.1 Å². The molecular formula is C17H28N2O2. The summed E-state index contributed by atoms with van der Waals surface area (Å²) in [5.74, 6) is 1.10. The number of nitrogens with one attached hydrogen (secondary N) is 1. The van der Waals surface area contributed by atoms with E-state index in [0.29, 0.717) is 12.5 Å². The van der Waals surface area contributed by atoms with E-state index in [9.17, 15) is 4.79 Å². The van der Waals surface area contributed by atoms with E-state index in [2.05, 4.69) is 24.4 Å². The van der Waals surface area contributed by atoms with Crippen LogP contribution >= 0.6 is 0 Å². The average Bonchev–Trinajstić information content (AvgIpc) is 2.49. The van der Waals surface area contributed by atoms with Gasteiger partial charge in [-0.05, 0) is 44.9 Å². The van der Waals surface area contributed by atoms with Crippen LogP contribution in [0.4, 0.5) is 0 Å². The molecule has 1 aromatic carbocycles. The molecule has 4 heteroatoms. The van der Waals surface area contributed by atoms with Gasteiger partial charge in [0.05, 0.1) is 7.11 Å². The van der Waals surface area contributed by atoms with Crippen molar-refractivity contribution in [2.45, 2.75) is 39.7 Å². The van der Waals surface area contributed by atoms with Crippen LogP contribution in [-0.2, 0) is 11.2 Å². The highest BCUT2D eigenvalue weighted by molar-refractivity contribution is 5.76. The summed E-state index contributed by atoms with van der Waals surface area (Å²) in [7, 11) is 1.67. The fraction of sp³-hybridized carbons (Fsp3) is 0.588. The normalized spacial score (nSPS) is 12.0. The molecule has 118 valence electrons. The van der Waals surface area contributed by atoms with Crippen molar-refractivity contribution >= 4 is 5.91 Å². The largest absolute Gasteiger partial charge is 0.497 e. The molecule has 21 heavy (non-hydrogen) atoms. The number of amides is 1. The zero-order valence-corrected chi connectivity index (χ0v) is 13.7. The molecule has 4 nitrogen and oxygen atoms in total. The summed E-state index contributed by atoms with van der Waals surface area (Å²) in [5, 5.41) is 3.41. The van der Waals surface area contributed by atoms with Crippen molar-refractivity contribution in [1.82, 2.24) is 10.2 Å². The molecule has 0 aliphatic rings. The maximum atomic E-state index is 11.9. The zero-order valence-electron chi connectivity index (χ0n) is 13.7. The van der Waals surface area contributed by atoms with E-state index in [0.717, 1.165) is 31.8 Å². The summed E-state index contributed by atoms with van der Waals surface area (Å²) in [6.07, 6.45) is 1.51. The molecule has 0 saturated heterocycles. The van der Waals surface area contributed by atoms with Crippen LogP contribution in [0.2, 0.25) is 0 Å². The topological polar surface area (TPSA) is 41.6 Å². The van der Waals surface area contributed by atoms with E-state index >= 15 is 0 Å². The molecule has 1 aromatic rings. The first-order valence-corrected chi connectivity index (χ1v) is 7.74. The Bertz CT molecular complexity index is 413. The van der Waals surface area contributed by atoms with Gasteiger partial charge in [-0.15, -0.1) is 0 Å². The molecule has 0 aromatic heterocycles. The van der Waals surface area contributed by atoms with E-state index in [-0.39, 0.29) is 5.91 Å². The number of carbonyl (C=O) groups is 1. The lowest BCUT2D eigenvalue weighted by Crippen LogP contribution is -2.35. The van der Waals surface area contributed by atoms with Gasteiger partial charge in [-0.2, -0.15) is 0 Å². The molecule has 0 fully saturated rings. The van der Waals surface area contributed by atoms with Gasteiger partial charge in [-0.3, -0.25) is 4.79 Å². The monoisotopic (exact) mass is 292 g/mol. The van der Waals surface area contributed by atoms with Gasteiger partial charge >= 0.3 is 0 Å². The predicted molar refractivity (Wildman–Crippen MR) is 86.7 cm³/mol. The number of methoxy groups -OCH3 is 1. The number of hydrogen-bond donors (Lipinski definition) is 1. The summed E-state index contributed by atoms with van der Waals surface area (Å²) in [6.45, 7) is 8.48. The molecule has 0 aliphatic carbocycles. The first-order chi connectivity index (χ1) is 10.1. The third-order valence-corrected chi connectivity index (χ3v) is 3.65. The Labute approximate surface area is 128 Å². The minimum absolute atomic E-state index is 0.226. The first-order valence-electron chi connectivity index (χ1n) is 7.74. The molecule has 0 radical (unpaired) electrons. The summed E-state index contributed by atoms with van der Waals surface area (Å²) >= 11 is 0. The number of rotatable bonds is 9. The second-order valence-electron chi connectivity index (χ2n) is 5.22. The highest BCUT2D eigenvalue weighted by Crippen LogP contribution is 2.12. The Kier molecular flexibility index (Phi) is 7.83. The number of ether oxygens (including phenoxy) is 1. The smallest absolute Gasteiger partial charge is 0.223 e. The van der Waals surface area contributed by atoms with E-state index in [1.165, 1.54) is 5.56 Å². The molecule has 1 amide bonds. The molecular weight excluding hydrogens is 264 g/mol. The predicted octanol–water partition coefficient (Wildman–Crippen LogP) is 2.47. The fourth-order valence-electron chi connectivity index (χ4n) is 2.35. The maximum absolute atomic E-state index is 11.9. The SMILES string of the molecule is CCN(CC)C(=O)CCNC(C)Cc1ccc(OC)cc1. The number of hydrogen-bond acceptors (Lipinski definition) is 3. The van der Waals surface area contributed by atoms with Gasteiger partial charge in [0.15, 0.2) is 0 Å². The van der Waals surface area contributed by atoms with Crippen molar-refractivity contribution in [3.05, 3.63) is 29.8 Å². The second kappa shape index (κ2) is 9.40. The van der Waals surface area contributed by atoms with E-state index in [1.54, 1.807) is 7.11 Å². The number of nitrogens with zero attached hydrogens (tertiary/aromatic N) is 1. The van der Waals surface area contributed by atoms with Gasteiger partial charge < -0.3 is 15.0 Å². The van der Waals surface area contributed by atoms with Crippen molar-refractivity contribution in [3.8, 4) is 5.75 Å². The van der Waals surface area contributed by atoms with Crippen LogP contribution in [0.25, 0.3) is 0 Å². The lowest BCUT2D eigenvalue weighted by molar-refractivity contribution is -0.130. The van der Waals surface area contributed by atoms with Crippen LogP contribution in [-0.4, -0.2) is 43.6 Å².